The second kappa shape index (κ2) is 9.24. The summed E-state index contributed by atoms with van der Waals surface area (Å²) >= 11 is 1.67. The first-order valence-corrected chi connectivity index (χ1v) is 11.0. The molecule has 1 aliphatic heterocycles. The molecule has 1 N–H and O–H groups in total. The van der Waals surface area contributed by atoms with Crippen molar-refractivity contribution in [2.75, 3.05) is 65.3 Å². The maximum absolute atomic E-state index is 13.1. The lowest BCUT2D eigenvalue weighted by atomic mass is 9.93. The van der Waals surface area contributed by atoms with Gasteiger partial charge in [0.2, 0.25) is 0 Å². The van der Waals surface area contributed by atoms with Crippen LogP contribution in [0.25, 0.3) is 10.6 Å². The minimum atomic E-state index is -0.0454. The summed E-state index contributed by atoms with van der Waals surface area (Å²) in [4.78, 5) is 25.9. The van der Waals surface area contributed by atoms with E-state index in [4.69, 9.17) is 4.98 Å². The fourth-order valence-corrected chi connectivity index (χ4v) is 4.47. The van der Waals surface area contributed by atoms with Crippen molar-refractivity contribution in [2.45, 2.75) is 13.8 Å². The van der Waals surface area contributed by atoms with Crippen LogP contribution in [0, 0.1) is 5.41 Å². The van der Waals surface area contributed by atoms with Crippen molar-refractivity contribution in [3.8, 4) is 10.6 Å². The number of hydrogen-bond donors (Lipinski definition) is 1. The summed E-state index contributed by atoms with van der Waals surface area (Å²) in [5.74, 6) is 0.753. The second-order valence-corrected chi connectivity index (χ2v) is 9.87. The molecule has 1 aliphatic rings. The third-order valence-corrected chi connectivity index (χ3v) is 6.06. The number of likely N-dealkylation sites (N-methyl/N-ethyl adjacent to an activating group) is 1. The summed E-state index contributed by atoms with van der Waals surface area (Å²) in [6.07, 6.45) is 0. The number of amides is 1. The van der Waals surface area contributed by atoms with Gasteiger partial charge in [-0.1, -0.05) is 19.9 Å². The minimum Gasteiger partial charge on any atom is -0.353 e. The van der Waals surface area contributed by atoms with Gasteiger partial charge in [0.25, 0.3) is 5.91 Å². The van der Waals surface area contributed by atoms with E-state index in [0.717, 1.165) is 49.1 Å². The zero-order valence-corrected chi connectivity index (χ0v) is 19.1. The molecule has 0 unspecified atom stereocenters. The molecule has 1 saturated heterocycles. The van der Waals surface area contributed by atoms with Crippen molar-refractivity contribution in [1.29, 1.82) is 0 Å². The molecule has 0 aliphatic carbocycles. The normalized spacial score (nSPS) is 15.7. The average Bonchev–Trinajstić information content (AvgIpc) is 3.20. The SMILES string of the molecule is CN(C)CC(C)(C)CNC(=O)c1ccc(-c2cccs2)nc1N1CCN(C)CC1. The van der Waals surface area contributed by atoms with Crippen molar-refractivity contribution in [3.05, 3.63) is 35.2 Å². The summed E-state index contributed by atoms with van der Waals surface area (Å²) in [6, 6.07) is 8.00. The molecule has 0 atom stereocenters. The van der Waals surface area contributed by atoms with E-state index in [0.29, 0.717) is 12.1 Å². The molecule has 29 heavy (non-hydrogen) atoms. The number of nitrogens with one attached hydrogen (secondary N) is 1. The second-order valence-electron chi connectivity index (χ2n) is 8.92. The van der Waals surface area contributed by atoms with Crippen LogP contribution in [0.5, 0.6) is 0 Å². The van der Waals surface area contributed by atoms with Gasteiger partial charge in [0.1, 0.15) is 5.82 Å². The zero-order valence-electron chi connectivity index (χ0n) is 18.2. The first-order chi connectivity index (χ1) is 13.7. The molecule has 3 rings (SSSR count). The van der Waals surface area contributed by atoms with Crippen molar-refractivity contribution < 1.29 is 4.79 Å². The number of anilines is 1. The highest BCUT2D eigenvalue weighted by atomic mass is 32.1. The molecule has 2 aromatic rings. The monoisotopic (exact) mass is 415 g/mol. The van der Waals surface area contributed by atoms with Crippen LogP contribution < -0.4 is 10.2 Å². The highest BCUT2D eigenvalue weighted by Crippen LogP contribution is 2.28. The number of piperazine rings is 1. The molecule has 3 heterocycles. The molecule has 0 saturated carbocycles. The van der Waals surface area contributed by atoms with E-state index in [9.17, 15) is 4.79 Å². The van der Waals surface area contributed by atoms with Gasteiger partial charge in [-0.15, -0.1) is 11.3 Å². The van der Waals surface area contributed by atoms with Crippen LogP contribution in [0.3, 0.4) is 0 Å². The first kappa shape index (κ1) is 21.7. The third kappa shape index (κ3) is 5.78. The highest BCUT2D eigenvalue weighted by Gasteiger charge is 2.25. The van der Waals surface area contributed by atoms with Gasteiger partial charge in [-0.2, -0.15) is 0 Å². The van der Waals surface area contributed by atoms with Crippen molar-refractivity contribution in [1.82, 2.24) is 20.1 Å². The number of aromatic nitrogens is 1. The van der Waals surface area contributed by atoms with Crippen LogP contribution in [-0.4, -0.2) is 81.1 Å². The number of rotatable bonds is 7. The van der Waals surface area contributed by atoms with Crippen LogP contribution in [0.15, 0.2) is 29.6 Å². The van der Waals surface area contributed by atoms with Gasteiger partial charge < -0.3 is 20.0 Å². The number of carbonyl (C=O) groups is 1. The Hall–Kier alpha value is -1.96. The summed E-state index contributed by atoms with van der Waals surface area (Å²) < 4.78 is 0. The van der Waals surface area contributed by atoms with E-state index in [1.165, 1.54) is 0 Å². The van der Waals surface area contributed by atoms with Gasteiger partial charge in [0.15, 0.2) is 0 Å². The summed E-state index contributed by atoms with van der Waals surface area (Å²) in [5.41, 5.74) is 1.59. The Kier molecular flexibility index (Phi) is 6.93. The standard InChI is InChI=1S/C22H33N5OS/c1-22(2,16-25(3)4)15-23-21(28)17-8-9-18(19-7-6-14-29-19)24-20(17)27-12-10-26(5)11-13-27/h6-9,14H,10-13,15-16H2,1-5H3,(H,23,28). The zero-order chi connectivity index (χ0) is 21.0. The molecule has 0 bridgehead atoms. The third-order valence-electron chi connectivity index (χ3n) is 5.17. The van der Waals surface area contributed by atoms with Crippen LogP contribution >= 0.6 is 11.3 Å². The Morgan fingerprint density at radius 3 is 2.55 bits per heavy atom. The highest BCUT2D eigenvalue weighted by molar-refractivity contribution is 7.13. The van der Waals surface area contributed by atoms with E-state index < -0.39 is 0 Å². The quantitative estimate of drug-likeness (QED) is 0.754. The van der Waals surface area contributed by atoms with Gasteiger partial charge >= 0.3 is 0 Å². The number of pyridine rings is 1. The van der Waals surface area contributed by atoms with Crippen molar-refractivity contribution in [3.63, 3.8) is 0 Å². The number of carbonyl (C=O) groups excluding carboxylic acids is 1. The summed E-state index contributed by atoms with van der Waals surface area (Å²) in [6.45, 7) is 9.59. The molecule has 7 heteroatoms. The van der Waals surface area contributed by atoms with Crippen LogP contribution in [0.1, 0.15) is 24.2 Å². The summed E-state index contributed by atoms with van der Waals surface area (Å²) in [5, 5.41) is 5.20. The predicted octanol–water partition coefficient (Wildman–Crippen LogP) is 2.88. The lowest BCUT2D eigenvalue weighted by molar-refractivity contribution is 0.0929. The lowest BCUT2D eigenvalue weighted by Crippen LogP contribution is -2.46. The van der Waals surface area contributed by atoms with Crippen molar-refractivity contribution in [2.24, 2.45) is 5.41 Å². The molecule has 158 valence electrons. The number of hydrogen-bond acceptors (Lipinski definition) is 6. The van der Waals surface area contributed by atoms with Gasteiger partial charge in [-0.3, -0.25) is 4.79 Å². The molecular weight excluding hydrogens is 382 g/mol. The minimum absolute atomic E-state index is 0.00248. The van der Waals surface area contributed by atoms with Crippen LogP contribution in [0.2, 0.25) is 0 Å². The van der Waals surface area contributed by atoms with Gasteiger partial charge in [0, 0.05) is 39.3 Å². The van der Waals surface area contributed by atoms with Gasteiger partial charge in [-0.05, 0) is 50.1 Å². The smallest absolute Gasteiger partial charge is 0.255 e. The average molecular weight is 416 g/mol. The van der Waals surface area contributed by atoms with Gasteiger partial charge in [0.05, 0.1) is 16.1 Å². The molecule has 1 fully saturated rings. The Balaban J connectivity index is 1.83. The Morgan fingerprint density at radius 1 is 1.21 bits per heavy atom. The molecule has 0 spiro atoms. The molecule has 0 aromatic carbocycles. The van der Waals surface area contributed by atoms with Crippen LogP contribution in [-0.2, 0) is 0 Å². The van der Waals surface area contributed by atoms with Crippen molar-refractivity contribution >= 4 is 23.1 Å². The van der Waals surface area contributed by atoms with E-state index in [1.807, 2.05) is 18.2 Å². The predicted molar refractivity (Wildman–Crippen MR) is 122 cm³/mol. The fraction of sp³-hybridized carbons (Fsp3) is 0.545. The molecule has 1 amide bonds. The Morgan fingerprint density at radius 2 is 1.93 bits per heavy atom. The lowest BCUT2D eigenvalue weighted by Gasteiger charge is -2.34. The fourth-order valence-electron chi connectivity index (χ4n) is 3.77. The molecular formula is C22H33N5OS. The maximum Gasteiger partial charge on any atom is 0.255 e. The van der Waals surface area contributed by atoms with E-state index in [2.05, 4.69) is 66.5 Å². The largest absolute Gasteiger partial charge is 0.353 e. The number of nitrogens with zero attached hydrogens (tertiary/aromatic N) is 4. The maximum atomic E-state index is 13.1. The molecule has 0 radical (unpaired) electrons. The van der Waals surface area contributed by atoms with E-state index in [1.54, 1.807) is 11.3 Å². The van der Waals surface area contributed by atoms with E-state index in [-0.39, 0.29) is 11.3 Å². The summed E-state index contributed by atoms with van der Waals surface area (Å²) in [7, 11) is 6.25. The number of thiophene rings is 1. The molecule has 6 nitrogen and oxygen atoms in total. The van der Waals surface area contributed by atoms with Gasteiger partial charge in [-0.25, -0.2) is 4.98 Å². The van der Waals surface area contributed by atoms with Crippen LogP contribution in [0.4, 0.5) is 5.82 Å². The first-order valence-electron chi connectivity index (χ1n) is 10.2. The topological polar surface area (TPSA) is 51.7 Å². The Labute approximate surface area is 178 Å². The molecule has 2 aromatic heterocycles. The Bertz CT molecular complexity index is 811. The van der Waals surface area contributed by atoms with E-state index >= 15 is 0 Å².